The molecule has 2 aromatic heterocycles. The molecule has 10 heteroatoms. The van der Waals surface area contributed by atoms with Crippen molar-refractivity contribution in [3.05, 3.63) is 45.6 Å². The van der Waals surface area contributed by atoms with Gasteiger partial charge in [-0.2, -0.15) is 4.31 Å². The Kier molecular flexibility index (Phi) is 5.89. The molecule has 1 fully saturated rings. The molecule has 0 saturated carbocycles. The first-order valence-corrected chi connectivity index (χ1v) is 14.3. The van der Waals surface area contributed by atoms with Crippen LogP contribution in [0.5, 0.6) is 0 Å². The molecule has 2 aliphatic rings. The number of halogens is 1. The summed E-state index contributed by atoms with van der Waals surface area (Å²) in [6, 6.07) is 7.81. The number of piperazine rings is 1. The van der Waals surface area contributed by atoms with Gasteiger partial charge in [-0.05, 0) is 49.1 Å². The monoisotopic (exact) mass is 494 g/mol. The molecule has 1 aromatic carbocycles. The Hall–Kier alpha value is -1.39. The van der Waals surface area contributed by atoms with Crippen LogP contribution in [0.1, 0.15) is 22.7 Å². The molecular formula is C21H23ClN4O2S3. The lowest BCUT2D eigenvalue weighted by Gasteiger charge is -2.34. The van der Waals surface area contributed by atoms with E-state index in [9.17, 15) is 8.42 Å². The summed E-state index contributed by atoms with van der Waals surface area (Å²) in [5.41, 5.74) is 1.40. The van der Waals surface area contributed by atoms with Crippen LogP contribution in [-0.2, 0) is 28.6 Å². The number of nitrogens with zero attached hydrogens (tertiary/aromatic N) is 4. The van der Waals surface area contributed by atoms with E-state index in [1.165, 1.54) is 28.5 Å². The molecule has 0 spiro atoms. The van der Waals surface area contributed by atoms with E-state index < -0.39 is 10.0 Å². The van der Waals surface area contributed by atoms with Crippen LogP contribution in [-0.4, -0.2) is 55.1 Å². The first kappa shape index (κ1) is 21.5. The highest BCUT2D eigenvalue weighted by Crippen LogP contribution is 2.41. The van der Waals surface area contributed by atoms with Gasteiger partial charge in [0, 0.05) is 41.0 Å². The van der Waals surface area contributed by atoms with Crippen LogP contribution in [0.15, 0.2) is 29.2 Å². The van der Waals surface area contributed by atoms with E-state index >= 15 is 0 Å². The number of sulfonamides is 1. The van der Waals surface area contributed by atoms with Gasteiger partial charge in [-0.25, -0.2) is 18.4 Å². The van der Waals surface area contributed by atoms with Crippen molar-refractivity contribution in [3.8, 4) is 0 Å². The third-order valence-electron chi connectivity index (χ3n) is 5.78. The molecule has 1 saturated heterocycles. The molecule has 31 heavy (non-hydrogen) atoms. The van der Waals surface area contributed by atoms with E-state index in [-0.39, 0.29) is 0 Å². The van der Waals surface area contributed by atoms with Crippen LogP contribution in [0.4, 0.5) is 5.82 Å². The number of thiophene rings is 1. The second kappa shape index (κ2) is 8.51. The predicted molar refractivity (Wildman–Crippen MR) is 129 cm³/mol. The van der Waals surface area contributed by atoms with Gasteiger partial charge in [0.1, 0.15) is 16.5 Å². The first-order valence-electron chi connectivity index (χ1n) is 10.3. The zero-order valence-corrected chi connectivity index (χ0v) is 20.4. The van der Waals surface area contributed by atoms with Crippen LogP contribution in [0.2, 0.25) is 5.02 Å². The smallest absolute Gasteiger partial charge is 0.211 e. The van der Waals surface area contributed by atoms with Crippen molar-refractivity contribution in [2.45, 2.75) is 29.9 Å². The number of rotatable bonds is 5. The van der Waals surface area contributed by atoms with Gasteiger partial charge in [-0.15, -0.1) is 23.1 Å². The Morgan fingerprint density at radius 2 is 1.84 bits per heavy atom. The normalized spacial score (nSPS) is 17.4. The van der Waals surface area contributed by atoms with Crippen molar-refractivity contribution < 1.29 is 8.42 Å². The summed E-state index contributed by atoms with van der Waals surface area (Å²) in [5, 5.41) is 1.91. The van der Waals surface area contributed by atoms with Crippen molar-refractivity contribution in [1.29, 1.82) is 0 Å². The highest BCUT2D eigenvalue weighted by Gasteiger charge is 2.29. The van der Waals surface area contributed by atoms with Crippen molar-refractivity contribution in [2.75, 3.05) is 37.3 Å². The number of benzene rings is 1. The molecule has 0 N–H and O–H groups in total. The van der Waals surface area contributed by atoms with E-state index in [0.29, 0.717) is 31.9 Å². The van der Waals surface area contributed by atoms with Gasteiger partial charge in [0.05, 0.1) is 17.4 Å². The summed E-state index contributed by atoms with van der Waals surface area (Å²) in [6.07, 6.45) is 4.66. The molecule has 1 aliphatic carbocycles. The second-order valence-corrected chi connectivity index (χ2v) is 12.4. The Bertz CT molecular complexity index is 1220. The van der Waals surface area contributed by atoms with Crippen LogP contribution < -0.4 is 4.90 Å². The van der Waals surface area contributed by atoms with Gasteiger partial charge >= 0.3 is 0 Å². The van der Waals surface area contributed by atoms with Gasteiger partial charge in [-0.3, -0.25) is 0 Å². The fourth-order valence-electron chi connectivity index (χ4n) is 4.22. The standard InChI is InChI=1S/C21H23ClN4O2S3/c1-31(27,28)26-11-9-25(10-12-26)20-19-16-3-2-4-17(16)30-21(19)24-18(23-20)13-29-15-7-5-14(22)6-8-15/h5-8H,2-4,9-13H2,1H3. The van der Waals surface area contributed by atoms with Crippen LogP contribution in [0.25, 0.3) is 10.2 Å². The van der Waals surface area contributed by atoms with E-state index in [4.69, 9.17) is 21.6 Å². The minimum atomic E-state index is -3.16. The zero-order chi connectivity index (χ0) is 21.6. The van der Waals surface area contributed by atoms with Crippen molar-refractivity contribution in [1.82, 2.24) is 14.3 Å². The number of fused-ring (bicyclic) bond motifs is 3. The lowest BCUT2D eigenvalue weighted by Crippen LogP contribution is -2.48. The Labute approximate surface area is 195 Å². The zero-order valence-electron chi connectivity index (χ0n) is 17.2. The van der Waals surface area contributed by atoms with Crippen molar-refractivity contribution in [3.63, 3.8) is 0 Å². The summed E-state index contributed by atoms with van der Waals surface area (Å²) >= 11 is 9.49. The number of hydrogen-bond donors (Lipinski definition) is 0. The quantitative estimate of drug-likeness (QED) is 0.495. The van der Waals surface area contributed by atoms with Crippen LogP contribution in [0, 0.1) is 0 Å². The highest BCUT2D eigenvalue weighted by atomic mass is 35.5. The average Bonchev–Trinajstić information content (AvgIpc) is 3.33. The highest BCUT2D eigenvalue weighted by molar-refractivity contribution is 7.98. The molecule has 1 aliphatic heterocycles. The number of aryl methyl sites for hydroxylation is 2. The predicted octanol–water partition coefficient (Wildman–Crippen LogP) is 4.21. The maximum absolute atomic E-state index is 11.9. The van der Waals surface area contributed by atoms with Crippen molar-refractivity contribution in [2.24, 2.45) is 0 Å². The third kappa shape index (κ3) is 4.43. The third-order valence-corrected chi connectivity index (χ3v) is 9.53. The molecule has 0 amide bonds. The number of hydrogen-bond acceptors (Lipinski definition) is 7. The average molecular weight is 495 g/mol. The topological polar surface area (TPSA) is 66.4 Å². The maximum atomic E-state index is 11.9. The van der Waals surface area contributed by atoms with E-state index in [1.54, 1.807) is 27.4 Å². The van der Waals surface area contributed by atoms with Crippen LogP contribution in [0.3, 0.4) is 0 Å². The Balaban J connectivity index is 1.46. The Morgan fingerprint density at radius 1 is 1.10 bits per heavy atom. The second-order valence-electron chi connectivity index (χ2n) is 7.89. The number of aromatic nitrogens is 2. The molecule has 0 bridgehead atoms. The number of anilines is 1. The number of thioether (sulfide) groups is 1. The van der Waals surface area contributed by atoms with Gasteiger partial charge in [0.15, 0.2) is 0 Å². The summed E-state index contributed by atoms with van der Waals surface area (Å²) in [7, 11) is -3.16. The molecular weight excluding hydrogens is 472 g/mol. The lowest BCUT2D eigenvalue weighted by atomic mass is 10.1. The fourth-order valence-corrected chi connectivity index (χ4v) is 7.20. The summed E-state index contributed by atoms with van der Waals surface area (Å²) in [6.45, 7) is 2.28. The molecule has 5 rings (SSSR count). The minimum absolute atomic E-state index is 0.492. The minimum Gasteiger partial charge on any atom is -0.353 e. The van der Waals surface area contributed by atoms with Gasteiger partial charge < -0.3 is 4.90 Å². The summed E-state index contributed by atoms with van der Waals surface area (Å²) in [5.74, 6) is 2.47. The molecule has 3 heterocycles. The van der Waals surface area contributed by atoms with Crippen LogP contribution >= 0.6 is 34.7 Å². The fraction of sp³-hybridized carbons (Fsp3) is 0.429. The van der Waals surface area contributed by atoms with Gasteiger partial charge in [0.2, 0.25) is 10.0 Å². The van der Waals surface area contributed by atoms with E-state index in [0.717, 1.165) is 39.2 Å². The van der Waals surface area contributed by atoms with E-state index in [1.807, 2.05) is 24.3 Å². The van der Waals surface area contributed by atoms with Gasteiger partial charge in [-0.1, -0.05) is 11.6 Å². The molecule has 164 valence electrons. The first-order chi connectivity index (χ1) is 14.9. The van der Waals surface area contributed by atoms with Gasteiger partial charge in [0.25, 0.3) is 0 Å². The van der Waals surface area contributed by atoms with E-state index in [2.05, 4.69) is 4.90 Å². The summed E-state index contributed by atoms with van der Waals surface area (Å²) < 4.78 is 25.4. The largest absolute Gasteiger partial charge is 0.353 e. The summed E-state index contributed by atoms with van der Waals surface area (Å²) in [4.78, 5) is 15.8. The molecule has 6 nitrogen and oxygen atoms in total. The molecule has 0 unspecified atom stereocenters. The molecule has 3 aromatic rings. The maximum Gasteiger partial charge on any atom is 0.211 e. The SMILES string of the molecule is CS(=O)(=O)N1CCN(c2nc(CSc3ccc(Cl)cc3)nc3sc4c(c23)CCC4)CC1. The molecule has 0 radical (unpaired) electrons. The molecule has 0 atom stereocenters. The van der Waals surface area contributed by atoms with Crippen molar-refractivity contribution >= 4 is 60.8 Å². The lowest BCUT2D eigenvalue weighted by molar-refractivity contribution is 0.387. The Morgan fingerprint density at radius 3 is 2.55 bits per heavy atom.